The third kappa shape index (κ3) is 3.62. The standard InChI is InChI=1S/C13H17N3O2S2/c1-14-10(7-19-13-15-8-16-20-13)9-4-5-11(17-2)12(6-9)18-3/h4-6,8,10,14H,7H2,1-3H3. The molecule has 0 aliphatic rings. The van der Waals surface area contributed by atoms with Crippen LogP contribution < -0.4 is 14.8 Å². The Morgan fingerprint density at radius 2 is 2.10 bits per heavy atom. The van der Waals surface area contributed by atoms with Crippen LogP contribution in [0, 0.1) is 0 Å². The van der Waals surface area contributed by atoms with Crippen molar-refractivity contribution in [1.29, 1.82) is 0 Å². The number of benzene rings is 1. The number of methoxy groups -OCH3 is 2. The molecule has 7 heteroatoms. The first-order chi connectivity index (χ1) is 9.78. The lowest BCUT2D eigenvalue weighted by Crippen LogP contribution is -2.18. The van der Waals surface area contributed by atoms with Gasteiger partial charge in [0.1, 0.15) is 6.33 Å². The van der Waals surface area contributed by atoms with Gasteiger partial charge < -0.3 is 14.8 Å². The first-order valence-corrected chi connectivity index (χ1v) is 7.83. The van der Waals surface area contributed by atoms with Gasteiger partial charge in [0.15, 0.2) is 15.8 Å². The lowest BCUT2D eigenvalue weighted by atomic mass is 10.1. The number of nitrogens with one attached hydrogen (secondary N) is 1. The second kappa shape index (κ2) is 7.47. The van der Waals surface area contributed by atoms with Crippen molar-refractivity contribution in [2.24, 2.45) is 0 Å². The Kier molecular flexibility index (Phi) is 5.63. The predicted octanol–water partition coefficient (Wildman–Crippen LogP) is 2.61. The summed E-state index contributed by atoms with van der Waals surface area (Å²) >= 11 is 3.10. The van der Waals surface area contributed by atoms with E-state index in [1.807, 2.05) is 25.2 Å². The van der Waals surface area contributed by atoms with Crippen LogP contribution in [0.5, 0.6) is 11.5 Å². The van der Waals surface area contributed by atoms with Crippen LogP contribution in [0.25, 0.3) is 0 Å². The van der Waals surface area contributed by atoms with E-state index in [0.717, 1.165) is 27.2 Å². The number of rotatable bonds is 7. The quantitative estimate of drug-likeness (QED) is 0.793. The second-order valence-electron chi connectivity index (χ2n) is 3.97. The van der Waals surface area contributed by atoms with E-state index < -0.39 is 0 Å². The largest absolute Gasteiger partial charge is 0.493 e. The van der Waals surface area contributed by atoms with Crippen LogP contribution in [0.2, 0.25) is 0 Å². The fourth-order valence-electron chi connectivity index (χ4n) is 1.80. The molecule has 108 valence electrons. The molecule has 1 heterocycles. The van der Waals surface area contributed by atoms with Crippen LogP contribution in [-0.2, 0) is 0 Å². The van der Waals surface area contributed by atoms with Crippen LogP contribution in [-0.4, -0.2) is 36.4 Å². The summed E-state index contributed by atoms with van der Waals surface area (Å²) < 4.78 is 15.6. The van der Waals surface area contributed by atoms with Crippen LogP contribution in [0.1, 0.15) is 11.6 Å². The maximum atomic E-state index is 5.34. The van der Waals surface area contributed by atoms with Gasteiger partial charge in [-0.15, -0.1) is 0 Å². The van der Waals surface area contributed by atoms with Gasteiger partial charge in [0.2, 0.25) is 0 Å². The van der Waals surface area contributed by atoms with Crippen LogP contribution in [0.4, 0.5) is 0 Å². The van der Waals surface area contributed by atoms with E-state index in [9.17, 15) is 0 Å². The molecule has 0 radical (unpaired) electrons. The summed E-state index contributed by atoms with van der Waals surface area (Å²) in [7, 11) is 5.23. The SMILES string of the molecule is CNC(CSc1ncns1)c1ccc(OC)c(OC)c1. The highest BCUT2D eigenvalue weighted by Crippen LogP contribution is 2.32. The fraction of sp³-hybridized carbons (Fsp3) is 0.385. The molecule has 1 aromatic heterocycles. The van der Waals surface area contributed by atoms with Crippen LogP contribution >= 0.6 is 23.3 Å². The molecule has 0 saturated carbocycles. The van der Waals surface area contributed by atoms with Gasteiger partial charge in [0.05, 0.1) is 14.2 Å². The monoisotopic (exact) mass is 311 g/mol. The molecule has 2 aromatic rings. The first-order valence-electron chi connectivity index (χ1n) is 6.07. The van der Waals surface area contributed by atoms with Gasteiger partial charge >= 0.3 is 0 Å². The summed E-state index contributed by atoms with van der Waals surface area (Å²) in [6.07, 6.45) is 1.58. The second-order valence-corrected chi connectivity index (χ2v) is 6.02. The molecule has 20 heavy (non-hydrogen) atoms. The van der Waals surface area contributed by atoms with Crippen LogP contribution in [0.3, 0.4) is 0 Å². The summed E-state index contributed by atoms with van der Waals surface area (Å²) in [5.74, 6) is 2.36. The summed E-state index contributed by atoms with van der Waals surface area (Å²) in [5.41, 5.74) is 1.15. The fourth-order valence-corrected chi connectivity index (χ4v) is 3.41. The van der Waals surface area contributed by atoms with Crippen molar-refractivity contribution in [2.75, 3.05) is 27.0 Å². The average molecular weight is 311 g/mol. The van der Waals surface area contributed by atoms with Crippen molar-refractivity contribution in [3.63, 3.8) is 0 Å². The smallest absolute Gasteiger partial charge is 0.169 e. The van der Waals surface area contributed by atoms with Crippen LogP contribution in [0.15, 0.2) is 28.9 Å². The maximum Gasteiger partial charge on any atom is 0.169 e. The van der Waals surface area contributed by atoms with E-state index in [4.69, 9.17) is 9.47 Å². The average Bonchev–Trinajstić information content (AvgIpc) is 3.01. The molecule has 0 spiro atoms. The van der Waals surface area contributed by atoms with Gasteiger partial charge in [-0.05, 0) is 36.3 Å². The Morgan fingerprint density at radius 1 is 1.30 bits per heavy atom. The normalized spacial score (nSPS) is 12.2. The summed E-state index contributed by atoms with van der Waals surface area (Å²) in [6.45, 7) is 0. The molecule has 1 atom stereocenters. The molecule has 0 amide bonds. The van der Waals surface area contributed by atoms with Gasteiger partial charge in [-0.25, -0.2) is 4.98 Å². The lowest BCUT2D eigenvalue weighted by Gasteiger charge is -2.17. The van der Waals surface area contributed by atoms with E-state index in [1.54, 1.807) is 32.3 Å². The minimum absolute atomic E-state index is 0.212. The molecule has 2 rings (SSSR count). The summed E-state index contributed by atoms with van der Waals surface area (Å²) in [6, 6.07) is 6.18. The van der Waals surface area contributed by atoms with Crippen molar-refractivity contribution in [3.05, 3.63) is 30.1 Å². The highest BCUT2D eigenvalue weighted by atomic mass is 32.2. The van der Waals surface area contributed by atoms with E-state index in [0.29, 0.717) is 0 Å². The first kappa shape index (κ1) is 15.1. The Labute approximate surface area is 126 Å². The van der Waals surface area contributed by atoms with Gasteiger partial charge in [-0.2, -0.15) is 4.37 Å². The topological polar surface area (TPSA) is 56.3 Å². The molecule has 0 bridgehead atoms. The molecule has 1 aromatic carbocycles. The highest BCUT2D eigenvalue weighted by molar-refractivity contribution is 8.00. The number of hydrogen-bond acceptors (Lipinski definition) is 7. The van der Waals surface area contributed by atoms with E-state index in [-0.39, 0.29) is 6.04 Å². The molecule has 0 saturated heterocycles. The van der Waals surface area contributed by atoms with Crippen molar-refractivity contribution in [3.8, 4) is 11.5 Å². The third-order valence-corrected chi connectivity index (χ3v) is 4.76. The van der Waals surface area contributed by atoms with Gasteiger partial charge in [0, 0.05) is 11.8 Å². The highest BCUT2D eigenvalue weighted by Gasteiger charge is 2.14. The van der Waals surface area contributed by atoms with Crippen molar-refractivity contribution in [1.82, 2.24) is 14.7 Å². The van der Waals surface area contributed by atoms with E-state index in [2.05, 4.69) is 14.7 Å². The molecular weight excluding hydrogens is 294 g/mol. The Balaban J connectivity index is 2.10. The van der Waals surface area contributed by atoms with E-state index >= 15 is 0 Å². The van der Waals surface area contributed by atoms with Crippen molar-refractivity contribution in [2.45, 2.75) is 10.4 Å². The number of hydrogen-bond donors (Lipinski definition) is 1. The number of nitrogens with zero attached hydrogens (tertiary/aromatic N) is 2. The van der Waals surface area contributed by atoms with Gasteiger partial charge in [-0.3, -0.25) is 0 Å². The van der Waals surface area contributed by atoms with Gasteiger partial charge in [0.25, 0.3) is 0 Å². The zero-order valence-corrected chi connectivity index (χ0v) is 13.3. The maximum absolute atomic E-state index is 5.34. The Hall–Kier alpha value is -1.31. The summed E-state index contributed by atoms with van der Waals surface area (Å²) in [5, 5.41) is 3.31. The zero-order valence-electron chi connectivity index (χ0n) is 11.6. The third-order valence-electron chi connectivity index (χ3n) is 2.87. The molecule has 5 nitrogen and oxygen atoms in total. The predicted molar refractivity (Wildman–Crippen MR) is 82.0 cm³/mol. The minimum atomic E-state index is 0.212. The minimum Gasteiger partial charge on any atom is -0.493 e. The molecule has 1 unspecified atom stereocenters. The summed E-state index contributed by atoms with van der Waals surface area (Å²) in [4.78, 5) is 4.18. The van der Waals surface area contributed by atoms with Crippen molar-refractivity contribution < 1.29 is 9.47 Å². The lowest BCUT2D eigenvalue weighted by molar-refractivity contribution is 0.354. The van der Waals surface area contributed by atoms with Crippen molar-refractivity contribution >= 4 is 23.3 Å². The Bertz CT molecular complexity index is 534. The molecule has 0 aliphatic heterocycles. The number of aromatic nitrogens is 2. The molecule has 0 aliphatic carbocycles. The van der Waals surface area contributed by atoms with Gasteiger partial charge in [-0.1, -0.05) is 17.8 Å². The zero-order chi connectivity index (χ0) is 14.4. The number of ether oxygens (including phenoxy) is 2. The molecular formula is C13H17N3O2S2. The molecule has 0 fully saturated rings. The molecule has 1 N–H and O–H groups in total. The van der Waals surface area contributed by atoms with E-state index in [1.165, 1.54) is 11.5 Å². The Morgan fingerprint density at radius 3 is 2.70 bits per heavy atom. The number of thioether (sulfide) groups is 1.